The fraction of sp³-hybridized carbons (Fsp3) is 0.429. The van der Waals surface area contributed by atoms with Crippen LogP contribution >= 0.6 is 0 Å². The van der Waals surface area contributed by atoms with Crippen molar-refractivity contribution in [3.8, 4) is 0 Å². The van der Waals surface area contributed by atoms with E-state index < -0.39 is 0 Å². The average molecular weight is 186 g/mol. The first-order valence-corrected chi connectivity index (χ1v) is 5.60. The highest BCUT2D eigenvalue weighted by molar-refractivity contribution is 5.57. The number of allylic oxidation sites excluding steroid dienone is 1. The van der Waals surface area contributed by atoms with Crippen LogP contribution in [0.15, 0.2) is 24.3 Å². The van der Waals surface area contributed by atoms with Crippen LogP contribution in [-0.2, 0) is 6.42 Å². The maximum Gasteiger partial charge on any atom is -0.0193 e. The first-order valence-electron chi connectivity index (χ1n) is 5.60. The van der Waals surface area contributed by atoms with E-state index in [1.165, 1.54) is 36.0 Å². The summed E-state index contributed by atoms with van der Waals surface area (Å²) < 4.78 is 0. The summed E-state index contributed by atoms with van der Waals surface area (Å²) in [5, 5.41) is 0. The van der Waals surface area contributed by atoms with Crippen molar-refractivity contribution in [1.82, 2.24) is 0 Å². The van der Waals surface area contributed by atoms with Crippen LogP contribution in [0.5, 0.6) is 0 Å². The predicted molar refractivity (Wildman–Crippen MR) is 62.5 cm³/mol. The fourth-order valence-electron chi connectivity index (χ4n) is 2.00. The Morgan fingerprint density at radius 2 is 2.21 bits per heavy atom. The van der Waals surface area contributed by atoms with Crippen molar-refractivity contribution in [3.63, 3.8) is 0 Å². The van der Waals surface area contributed by atoms with Crippen molar-refractivity contribution >= 4 is 6.08 Å². The van der Waals surface area contributed by atoms with E-state index in [-0.39, 0.29) is 0 Å². The van der Waals surface area contributed by atoms with Gasteiger partial charge in [-0.2, -0.15) is 0 Å². The minimum absolute atomic E-state index is 0.700. The average Bonchev–Trinajstić information content (AvgIpc) is 2.27. The molecule has 0 amide bonds. The Bertz CT molecular complexity index is 347. The first kappa shape index (κ1) is 9.51. The minimum atomic E-state index is 0.700. The van der Waals surface area contributed by atoms with Gasteiger partial charge in [0.1, 0.15) is 0 Å². The molecule has 0 heteroatoms. The lowest BCUT2D eigenvalue weighted by atomic mass is 9.90. The van der Waals surface area contributed by atoms with Crippen LogP contribution in [0.4, 0.5) is 0 Å². The van der Waals surface area contributed by atoms with E-state index in [2.05, 4.69) is 44.2 Å². The fourth-order valence-corrected chi connectivity index (χ4v) is 2.00. The Kier molecular flexibility index (Phi) is 2.72. The van der Waals surface area contributed by atoms with Crippen LogP contribution < -0.4 is 0 Å². The second-order valence-electron chi connectivity index (χ2n) is 4.21. The zero-order valence-electron chi connectivity index (χ0n) is 9.09. The Morgan fingerprint density at radius 1 is 1.36 bits per heavy atom. The molecule has 0 radical (unpaired) electrons. The summed E-state index contributed by atoms with van der Waals surface area (Å²) in [7, 11) is 0. The van der Waals surface area contributed by atoms with E-state index in [0.717, 1.165) is 0 Å². The van der Waals surface area contributed by atoms with Gasteiger partial charge >= 0.3 is 0 Å². The van der Waals surface area contributed by atoms with Crippen molar-refractivity contribution in [2.75, 3.05) is 0 Å². The molecule has 0 saturated carbocycles. The molecule has 1 aromatic rings. The van der Waals surface area contributed by atoms with Gasteiger partial charge in [0.15, 0.2) is 0 Å². The first-order chi connectivity index (χ1) is 6.81. The van der Waals surface area contributed by atoms with Crippen LogP contribution in [0.3, 0.4) is 0 Å². The number of aryl methyl sites for hydroxylation is 1. The van der Waals surface area contributed by atoms with Crippen LogP contribution in [0.1, 0.15) is 49.3 Å². The zero-order chi connectivity index (χ0) is 9.97. The molecule has 1 unspecified atom stereocenters. The summed E-state index contributed by atoms with van der Waals surface area (Å²) in [5.41, 5.74) is 4.45. The van der Waals surface area contributed by atoms with Crippen LogP contribution in [0.25, 0.3) is 6.08 Å². The molecule has 0 bridgehead atoms. The monoisotopic (exact) mass is 186 g/mol. The molecule has 0 spiro atoms. The van der Waals surface area contributed by atoms with E-state index in [1.807, 2.05) is 0 Å². The quantitative estimate of drug-likeness (QED) is 0.650. The molecule has 0 aliphatic heterocycles. The van der Waals surface area contributed by atoms with Crippen molar-refractivity contribution in [3.05, 3.63) is 41.0 Å². The van der Waals surface area contributed by atoms with Gasteiger partial charge in [0.2, 0.25) is 0 Å². The Hall–Kier alpha value is -1.04. The van der Waals surface area contributed by atoms with E-state index in [4.69, 9.17) is 0 Å². The third kappa shape index (κ3) is 1.75. The maximum atomic E-state index is 2.40. The van der Waals surface area contributed by atoms with Gasteiger partial charge in [-0.05, 0) is 41.9 Å². The highest BCUT2D eigenvalue weighted by Crippen LogP contribution is 2.25. The molecule has 2 rings (SSSR count). The smallest absolute Gasteiger partial charge is 0.0193 e. The molecule has 0 saturated heterocycles. The summed E-state index contributed by atoms with van der Waals surface area (Å²) in [4.78, 5) is 0. The van der Waals surface area contributed by atoms with Crippen LogP contribution in [0, 0.1) is 0 Å². The predicted octanol–water partition coefficient (Wildman–Crippen LogP) is 4.16. The van der Waals surface area contributed by atoms with Gasteiger partial charge in [0.05, 0.1) is 0 Å². The summed E-state index contributed by atoms with van der Waals surface area (Å²) in [6.45, 7) is 4.56. The number of hydrogen-bond acceptors (Lipinski definition) is 0. The van der Waals surface area contributed by atoms with Gasteiger partial charge in [-0.15, -0.1) is 0 Å². The second-order valence-corrected chi connectivity index (χ2v) is 4.21. The highest BCUT2D eigenvalue weighted by Gasteiger charge is 2.08. The van der Waals surface area contributed by atoms with Crippen LogP contribution in [-0.4, -0.2) is 0 Å². The summed E-state index contributed by atoms with van der Waals surface area (Å²) in [5.74, 6) is 0.700. The Labute approximate surface area is 86.7 Å². The molecule has 1 aromatic carbocycles. The highest BCUT2D eigenvalue weighted by atomic mass is 14.1. The third-order valence-electron chi connectivity index (χ3n) is 3.23. The van der Waals surface area contributed by atoms with Gasteiger partial charge in [0, 0.05) is 0 Å². The SMILES string of the molecule is CCC(C)c1ccc2c(c1)CCC=C2. The van der Waals surface area contributed by atoms with Crippen molar-refractivity contribution in [2.45, 2.75) is 39.0 Å². The van der Waals surface area contributed by atoms with Crippen molar-refractivity contribution in [2.24, 2.45) is 0 Å². The van der Waals surface area contributed by atoms with E-state index in [0.29, 0.717) is 5.92 Å². The Morgan fingerprint density at radius 3 is 3.00 bits per heavy atom. The lowest BCUT2D eigenvalue weighted by molar-refractivity contribution is 0.731. The van der Waals surface area contributed by atoms with E-state index in [9.17, 15) is 0 Å². The molecule has 1 aliphatic carbocycles. The molecular formula is C14H18. The Balaban J connectivity index is 2.34. The summed E-state index contributed by atoms with van der Waals surface area (Å²) >= 11 is 0. The maximum absolute atomic E-state index is 2.40. The normalized spacial score (nSPS) is 16.4. The molecule has 14 heavy (non-hydrogen) atoms. The standard InChI is InChI=1S/C14H18/c1-3-11(2)13-9-8-12-6-4-5-7-14(12)10-13/h4,6,8-11H,3,5,7H2,1-2H3. The minimum Gasteiger partial charge on any atom is -0.0836 e. The third-order valence-corrected chi connectivity index (χ3v) is 3.23. The molecule has 1 atom stereocenters. The molecule has 1 aliphatic rings. The van der Waals surface area contributed by atoms with Gasteiger partial charge in [-0.1, -0.05) is 44.2 Å². The van der Waals surface area contributed by atoms with Crippen LogP contribution in [0.2, 0.25) is 0 Å². The van der Waals surface area contributed by atoms with E-state index >= 15 is 0 Å². The number of fused-ring (bicyclic) bond motifs is 1. The molecule has 74 valence electrons. The van der Waals surface area contributed by atoms with Gasteiger partial charge in [-0.25, -0.2) is 0 Å². The lowest BCUT2D eigenvalue weighted by Gasteiger charge is -2.15. The topological polar surface area (TPSA) is 0 Å². The molecule has 0 nitrogen and oxygen atoms in total. The molecule has 0 N–H and O–H groups in total. The molecule has 0 fully saturated rings. The number of benzene rings is 1. The number of rotatable bonds is 2. The molecule has 0 aromatic heterocycles. The van der Waals surface area contributed by atoms with Gasteiger partial charge in [-0.3, -0.25) is 0 Å². The second kappa shape index (κ2) is 4.00. The molecular weight excluding hydrogens is 168 g/mol. The van der Waals surface area contributed by atoms with Crippen molar-refractivity contribution < 1.29 is 0 Å². The van der Waals surface area contributed by atoms with Crippen molar-refractivity contribution in [1.29, 1.82) is 0 Å². The van der Waals surface area contributed by atoms with Gasteiger partial charge < -0.3 is 0 Å². The largest absolute Gasteiger partial charge is 0.0836 e. The number of hydrogen-bond donors (Lipinski definition) is 0. The van der Waals surface area contributed by atoms with E-state index in [1.54, 1.807) is 0 Å². The summed E-state index contributed by atoms with van der Waals surface area (Å²) in [6.07, 6.45) is 8.17. The molecule has 0 heterocycles. The lowest BCUT2D eigenvalue weighted by Crippen LogP contribution is -1.98. The summed E-state index contributed by atoms with van der Waals surface area (Å²) in [6, 6.07) is 6.95. The zero-order valence-corrected chi connectivity index (χ0v) is 9.09. The van der Waals surface area contributed by atoms with Gasteiger partial charge in [0.25, 0.3) is 0 Å².